The number of nitrogens with zero attached hydrogens (tertiary/aromatic N) is 5. The van der Waals surface area contributed by atoms with Crippen molar-refractivity contribution in [2.75, 3.05) is 19.6 Å². The lowest BCUT2D eigenvalue weighted by Gasteiger charge is -2.14. The average Bonchev–Trinajstić information content (AvgIpc) is 3.73. The van der Waals surface area contributed by atoms with Crippen molar-refractivity contribution < 1.29 is 9.90 Å². The summed E-state index contributed by atoms with van der Waals surface area (Å²) in [7, 11) is 0. The van der Waals surface area contributed by atoms with Crippen LogP contribution in [0.2, 0.25) is 0 Å². The van der Waals surface area contributed by atoms with Crippen LogP contribution in [0.4, 0.5) is 0 Å². The van der Waals surface area contributed by atoms with Gasteiger partial charge in [0.2, 0.25) is 0 Å². The fourth-order valence-electron chi connectivity index (χ4n) is 5.82. The summed E-state index contributed by atoms with van der Waals surface area (Å²) in [5, 5.41) is 9.59. The Morgan fingerprint density at radius 1 is 0.975 bits per heavy atom. The Morgan fingerprint density at radius 3 is 2.50 bits per heavy atom. The molecule has 0 amide bonds. The largest absolute Gasteiger partial charge is 0.478 e. The zero-order chi connectivity index (χ0) is 27.6. The third-order valence-corrected chi connectivity index (χ3v) is 8.01. The van der Waals surface area contributed by atoms with Crippen LogP contribution in [-0.2, 0) is 19.5 Å². The number of benzene rings is 3. The standard InChI is InChI=1S/C33H35N5O2/c1-3-31-35-32-23(2)18-26(29-21-37(22-34-29)17-16-36-14-6-7-15-36)19-30(32)38(31)20-24-10-12-25(13-11-24)27-8-4-5-9-28(27)33(39)40/h4-5,8-13,18-19,21-22H,3,6-7,14-17,20H2,1-2H3,(H,39,40). The van der Waals surface area contributed by atoms with Gasteiger partial charge in [-0.15, -0.1) is 0 Å². The number of carboxylic acids is 1. The van der Waals surface area contributed by atoms with Gasteiger partial charge in [-0.1, -0.05) is 49.4 Å². The molecule has 5 aromatic rings. The molecule has 0 bridgehead atoms. The van der Waals surface area contributed by atoms with Crippen LogP contribution in [0.3, 0.4) is 0 Å². The van der Waals surface area contributed by atoms with E-state index in [0.29, 0.717) is 12.1 Å². The molecule has 3 aromatic carbocycles. The molecule has 0 spiro atoms. The first-order chi connectivity index (χ1) is 19.5. The Hall–Kier alpha value is -4.23. The van der Waals surface area contributed by atoms with E-state index in [0.717, 1.165) is 69.9 Å². The van der Waals surface area contributed by atoms with Crippen molar-refractivity contribution in [3.05, 3.63) is 95.7 Å². The van der Waals surface area contributed by atoms with E-state index in [-0.39, 0.29) is 0 Å². The number of hydrogen-bond donors (Lipinski definition) is 1. The van der Waals surface area contributed by atoms with Crippen LogP contribution in [0.5, 0.6) is 0 Å². The van der Waals surface area contributed by atoms with Gasteiger partial charge in [0.15, 0.2) is 0 Å². The van der Waals surface area contributed by atoms with E-state index in [1.54, 1.807) is 12.1 Å². The molecule has 2 aromatic heterocycles. The Labute approximate surface area is 234 Å². The first-order valence-electron chi connectivity index (χ1n) is 14.2. The van der Waals surface area contributed by atoms with Gasteiger partial charge in [-0.05, 0) is 73.3 Å². The zero-order valence-electron chi connectivity index (χ0n) is 23.2. The second-order valence-corrected chi connectivity index (χ2v) is 10.7. The first kappa shape index (κ1) is 26.0. The highest BCUT2D eigenvalue weighted by Gasteiger charge is 2.16. The normalized spacial score (nSPS) is 13.8. The molecule has 204 valence electrons. The number of hydrogen-bond acceptors (Lipinski definition) is 4. The van der Waals surface area contributed by atoms with E-state index >= 15 is 0 Å². The van der Waals surface area contributed by atoms with Gasteiger partial charge in [-0.25, -0.2) is 14.8 Å². The molecule has 0 atom stereocenters. The average molecular weight is 534 g/mol. The summed E-state index contributed by atoms with van der Waals surface area (Å²) in [6, 6.07) is 19.7. The molecule has 1 aliphatic heterocycles. The molecule has 0 radical (unpaired) electrons. The lowest BCUT2D eigenvalue weighted by Crippen LogP contribution is -2.23. The summed E-state index contributed by atoms with van der Waals surface area (Å²) in [5.41, 5.74) is 8.45. The molecule has 0 saturated carbocycles. The number of aromatic carboxylic acids is 1. The number of likely N-dealkylation sites (tertiary alicyclic amines) is 1. The molecule has 1 fully saturated rings. The lowest BCUT2D eigenvalue weighted by molar-refractivity contribution is 0.0697. The number of fused-ring (bicyclic) bond motifs is 1. The molecule has 7 nitrogen and oxygen atoms in total. The topological polar surface area (TPSA) is 76.2 Å². The number of imidazole rings is 2. The molecule has 0 unspecified atom stereocenters. The van der Waals surface area contributed by atoms with Crippen molar-refractivity contribution >= 4 is 17.0 Å². The van der Waals surface area contributed by atoms with E-state index in [1.165, 1.54) is 25.9 Å². The molecule has 3 heterocycles. The van der Waals surface area contributed by atoms with Gasteiger partial charge >= 0.3 is 5.97 Å². The van der Waals surface area contributed by atoms with Gasteiger partial charge in [-0.3, -0.25) is 0 Å². The van der Waals surface area contributed by atoms with Crippen LogP contribution in [0.1, 0.15) is 47.1 Å². The number of aryl methyl sites for hydroxylation is 2. The van der Waals surface area contributed by atoms with Crippen LogP contribution < -0.4 is 0 Å². The molecular formula is C33H35N5O2. The summed E-state index contributed by atoms with van der Waals surface area (Å²) < 4.78 is 4.50. The number of carboxylic acid groups (broad SMARTS) is 1. The van der Waals surface area contributed by atoms with Gasteiger partial charge in [0.25, 0.3) is 0 Å². The Kier molecular flexibility index (Phi) is 7.22. The monoisotopic (exact) mass is 533 g/mol. The van der Waals surface area contributed by atoms with Crippen molar-refractivity contribution in [2.24, 2.45) is 0 Å². The summed E-state index contributed by atoms with van der Waals surface area (Å²) in [6.07, 6.45) is 7.56. The highest BCUT2D eigenvalue weighted by molar-refractivity contribution is 5.96. The minimum atomic E-state index is -0.917. The maximum absolute atomic E-state index is 11.7. The van der Waals surface area contributed by atoms with E-state index in [4.69, 9.17) is 9.97 Å². The molecule has 1 N–H and O–H groups in total. The van der Waals surface area contributed by atoms with E-state index in [2.05, 4.69) is 58.3 Å². The van der Waals surface area contributed by atoms with Gasteiger partial charge < -0.3 is 19.1 Å². The van der Waals surface area contributed by atoms with Crippen molar-refractivity contribution in [3.8, 4) is 22.4 Å². The highest BCUT2D eigenvalue weighted by Crippen LogP contribution is 2.29. The third-order valence-electron chi connectivity index (χ3n) is 8.01. The number of carbonyl (C=O) groups is 1. The van der Waals surface area contributed by atoms with Gasteiger partial charge in [0, 0.05) is 37.8 Å². The molecule has 6 rings (SSSR count). The zero-order valence-corrected chi connectivity index (χ0v) is 23.2. The van der Waals surface area contributed by atoms with Crippen molar-refractivity contribution in [2.45, 2.75) is 46.2 Å². The van der Waals surface area contributed by atoms with Crippen LogP contribution in [0, 0.1) is 6.92 Å². The first-order valence-corrected chi connectivity index (χ1v) is 14.2. The molecule has 1 aliphatic rings. The fraction of sp³-hybridized carbons (Fsp3) is 0.303. The number of aromatic nitrogens is 4. The smallest absolute Gasteiger partial charge is 0.336 e. The summed E-state index contributed by atoms with van der Waals surface area (Å²) in [6.45, 7) is 9.40. The highest BCUT2D eigenvalue weighted by atomic mass is 16.4. The molecular weight excluding hydrogens is 498 g/mol. The maximum atomic E-state index is 11.7. The SMILES string of the molecule is CCc1nc2c(C)cc(-c3cn(CCN4CCCC4)cn3)cc2n1Cc1ccc(-c2ccccc2C(=O)O)cc1. The predicted octanol–water partition coefficient (Wildman–Crippen LogP) is 6.28. The second kappa shape index (κ2) is 11.1. The van der Waals surface area contributed by atoms with Crippen molar-refractivity contribution in [1.29, 1.82) is 0 Å². The molecule has 7 heteroatoms. The number of rotatable bonds is 9. The van der Waals surface area contributed by atoms with Crippen LogP contribution >= 0.6 is 0 Å². The molecule has 0 aliphatic carbocycles. The van der Waals surface area contributed by atoms with Crippen molar-refractivity contribution in [1.82, 2.24) is 24.0 Å². The quantitative estimate of drug-likeness (QED) is 0.241. The maximum Gasteiger partial charge on any atom is 0.336 e. The van der Waals surface area contributed by atoms with Gasteiger partial charge in [-0.2, -0.15) is 0 Å². The predicted molar refractivity (Wildman–Crippen MR) is 159 cm³/mol. The Balaban J connectivity index is 1.28. The molecule has 40 heavy (non-hydrogen) atoms. The van der Waals surface area contributed by atoms with E-state index < -0.39 is 5.97 Å². The minimum absolute atomic E-state index is 0.311. The van der Waals surface area contributed by atoms with Crippen LogP contribution in [0.25, 0.3) is 33.4 Å². The Bertz CT molecular complexity index is 1660. The summed E-state index contributed by atoms with van der Waals surface area (Å²) >= 11 is 0. The van der Waals surface area contributed by atoms with Gasteiger partial charge in [0.1, 0.15) is 5.82 Å². The van der Waals surface area contributed by atoms with Crippen molar-refractivity contribution in [3.63, 3.8) is 0 Å². The third kappa shape index (κ3) is 5.17. The van der Waals surface area contributed by atoms with Crippen LogP contribution in [0.15, 0.2) is 73.2 Å². The minimum Gasteiger partial charge on any atom is -0.478 e. The van der Waals surface area contributed by atoms with Crippen LogP contribution in [-0.4, -0.2) is 54.7 Å². The van der Waals surface area contributed by atoms with Gasteiger partial charge in [0.05, 0.1) is 28.6 Å². The van der Waals surface area contributed by atoms with E-state index in [1.807, 2.05) is 30.6 Å². The summed E-state index contributed by atoms with van der Waals surface area (Å²) in [5.74, 6) is 0.131. The fourth-order valence-corrected chi connectivity index (χ4v) is 5.82. The Morgan fingerprint density at radius 2 is 1.75 bits per heavy atom. The second-order valence-electron chi connectivity index (χ2n) is 10.7. The van der Waals surface area contributed by atoms with E-state index in [9.17, 15) is 9.90 Å². The lowest BCUT2D eigenvalue weighted by atomic mass is 9.98. The summed E-state index contributed by atoms with van der Waals surface area (Å²) in [4.78, 5) is 24.0. The molecule has 1 saturated heterocycles.